The zero-order valence-corrected chi connectivity index (χ0v) is 11.7. The third-order valence-corrected chi connectivity index (χ3v) is 3.75. The molecule has 0 N–H and O–H groups in total. The molecular formula is C16H15N3O2. The molecule has 2 heterocycles. The second-order valence-electron chi connectivity index (χ2n) is 5.22. The highest BCUT2D eigenvalue weighted by Gasteiger charge is 2.33. The van der Waals surface area contributed by atoms with Crippen molar-refractivity contribution in [3.63, 3.8) is 0 Å². The summed E-state index contributed by atoms with van der Waals surface area (Å²) in [5.74, 6) is 0.711. The fourth-order valence-corrected chi connectivity index (χ4v) is 2.70. The van der Waals surface area contributed by atoms with E-state index >= 15 is 0 Å². The van der Waals surface area contributed by atoms with Gasteiger partial charge >= 0.3 is 0 Å². The Bertz CT molecular complexity index is 697. The molecule has 1 aliphatic heterocycles. The van der Waals surface area contributed by atoms with Crippen LogP contribution in [0, 0.1) is 18.3 Å². The number of rotatable bonds is 2. The summed E-state index contributed by atoms with van der Waals surface area (Å²) in [5.41, 5.74) is 1.97. The molecule has 5 nitrogen and oxygen atoms in total. The quantitative estimate of drug-likeness (QED) is 0.848. The molecule has 1 aromatic heterocycles. The van der Waals surface area contributed by atoms with E-state index in [2.05, 4.69) is 11.2 Å². The molecule has 1 amide bonds. The maximum Gasteiger partial charge on any atom is 0.254 e. The molecule has 21 heavy (non-hydrogen) atoms. The van der Waals surface area contributed by atoms with Gasteiger partial charge in [0.05, 0.1) is 23.4 Å². The van der Waals surface area contributed by atoms with Crippen LogP contribution in [-0.2, 0) is 0 Å². The van der Waals surface area contributed by atoms with E-state index in [1.807, 2.05) is 17.9 Å². The maximum absolute atomic E-state index is 12.6. The highest BCUT2D eigenvalue weighted by molar-refractivity contribution is 5.94. The number of benzene rings is 1. The molecule has 1 saturated heterocycles. The van der Waals surface area contributed by atoms with Crippen LogP contribution in [0.5, 0.6) is 0 Å². The summed E-state index contributed by atoms with van der Waals surface area (Å²) in [5, 5.41) is 12.7. The Labute approximate surface area is 122 Å². The van der Waals surface area contributed by atoms with Gasteiger partial charge in [-0.25, -0.2) is 0 Å². The Morgan fingerprint density at radius 3 is 2.81 bits per heavy atom. The fraction of sp³-hybridized carbons (Fsp3) is 0.312. The van der Waals surface area contributed by atoms with Crippen LogP contribution in [-0.4, -0.2) is 22.5 Å². The van der Waals surface area contributed by atoms with Gasteiger partial charge in [-0.3, -0.25) is 4.79 Å². The standard InChI is InChI=1S/C16H15N3O2/c1-11-9-15(21-18-11)14-3-2-8-19(14)16(20)13-6-4-12(10-17)5-7-13/h4-7,9,14H,2-3,8H2,1H3. The van der Waals surface area contributed by atoms with Gasteiger partial charge in [0, 0.05) is 18.2 Å². The van der Waals surface area contributed by atoms with Crippen LogP contribution in [0.2, 0.25) is 0 Å². The van der Waals surface area contributed by atoms with E-state index in [4.69, 9.17) is 9.78 Å². The van der Waals surface area contributed by atoms with Crippen LogP contribution in [0.15, 0.2) is 34.9 Å². The number of likely N-dealkylation sites (tertiary alicyclic amines) is 1. The number of hydrogen-bond acceptors (Lipinski definition) is 4. The molecule has 106 valence electrons. The van der Waals surface area contributed by atoms with Gasteiger partial charge in [0.25, 0.3) is 5.91 Å². The number of nitrogens with zero attached hydrogens (tertiary/aromatic N) is 3. The number of aryl methyl sites for hydroxylation is 1. The second-order valence-corrected chi connectivity index (χ2v) is 5.22. The number of amides is 1. The van der Waals surface area contributed by atoms with Gasteiger partial charge in [-0.15, -0.1) is 0 Å². The van der Waals surface area contributed by atoms with Gasteiger partial charge in [-0.2, -0.15) is 5.26 Å². The largest absolute Gasteiger partial charge is 0.359 e. The summed E-state index contributed by atoms with van der Waals surface area (Å²) in [6.45, 7) is 2.58. The van der Waals surface area contributed by atoms with Gasteiger partial charge < -0.3 is 9.42 Å². The van der Waals surface area contributed by atoms with E-state index < -0.39 is 0 Å². The van der Waals surface area contributed by atoms with Crippen molar-refractivity contribution in [1.29, 1.82) is 5.26 Å². The fourth-order valence-electron chi connectivity index (χ4n) is 2.70. The summed E-state index contributed by atoms with van der Waals surface area (Å²) < 4.78 is 5.31. The van der Waals surface area contributed by atoms with Crippen molar-refractivity contribution in [3.8, 4) is 6.07 Å². The third kappa shape index (κ3) is 2.52. The molecule has 3 rings (SSSR count). The Hall–Kier alpha value is -2.61. The molecule has 0 radical (unpaired) electrons. The summed E-state index contributed by atoms with van der Waals surface area (Å²) in [4.78, 5) is 14.4. The summed E-state index contributed by atoms with van der Waals surface area (Å²) >= 11 is 0. The van der Waals surface area contributed by atoms with Gasteiger partial charge in [0.2, 0.25) is 0 Å². The van der Waals surface area contributed by atoms with Gasteiger partial charge in [-0.05, 0) is 44.0 Å². The van der Waals surface area contributed by atoms with Crippen molar-refractivity contribution in [2.75, 3.05) is 6.54 Å². The first-order valence-corrected chi connectivity index (χ1v) is 6.93. The number of hydrogen-bond donors (Lipinski definition) is 0. The van der Waals surface area contributed by atoms with Gasteiger partial charge in [-0.1, -0.05) is 5.16 Å². The zero-order valence-electron chi connectivity index (χ0n) is 11.7. The Morgan fingerprint density at radius 1 is 1.43 bits per heavy atom. The predicted octanol–water partition coefficient (Wildman–Crippen LogP) is 2.83. The van der Waals surface area contributed by atoms with Crippen LogP contribution in [0.4, 0.5) is 0 Å². The van der Waals surface area contributed by atoms with Crippen molar-refractivity contribution in [2.24, 2.45) is 0 Å². The minimum absolute atomic E-state index is 0.0314. The average Bonchev–Trinajstić information content (AvgIpc) is 3.15. The molecule has 1 unspecified atom stereocenters. The smallest absolute Gasteiger partial charge is 0.254 e. The van der Waals surface area contributed by atoms with Crippen LogP contribution in [0.25, 0.3) is 0 Å². The predicted molar refractivity (Wildman–Crippen MR) is 75.4 cm³/mol. The molecule has 1 fully saturated rings. The maximum atomic E-state index is 12.6. The minimum atomic E-state index is -0.0469. The number of carbonyl (C=O) groups is 1. The van der Waals surface area contributed by atoms with Gasteiger partial charge in [0.15, 0.2) is 5.76 Å². The monoisotopic (exact) mass is 281 g/mol. The van der Waals surface area contributed by atoms with Crippen molar-refractivity contribution >= 4 is 5.91 Å². The normalized spacial score (nSPS) is 17.7. The molecule has 0 spiro atoms. The lowest BCUT2D eigenvalue weighted by Gasteiger charge is -2.22. The van der Waals surface area contributed by atoms with E-state index in [1.165, 1.54) is 0 Å². The average molecular weight is 281 g/mol. The number of aromatic nitrogens is 1. The summed E-state index contributed by atoms with van der Waals surface area (Å²) in [6.07, 6.45) is 1.84. The molecule has 1 atom stereocenters. The van der Waals surface area contributed by atoms with Gasteiger partial charge in [0.1, 0.15) is 0 Å². The van der Waals surface area contributed by atoms with Crippen molar-refractivity contribution < 1.29 is 9.32 Å². The van der Waals surface area contributed by atoms with E-state index in [-0.39, 0.29) is 11.9 Å². The lowest BCUT2D eigenvalue weighted by atomic mass is 10.1. The van der Waals surface area contributed by atoms with Crippen molar-refractivity contribution in [3.05, 3.63) is 52.9 Å². The van der Waals surface area contributed by atoms with E-state index in [9.17, 15) is 4.79 Å². The molecule has 0 saturated carbocycles. The van der Waals surface area contributed by atoms with E-state index in [0.29, 0.717) is 17.7 Å². The molecule has 0 bridgehead atoms. The lowest BCUT2D eigenvalue weighted by Crippen LogP contribution is -2.30. The van der Waals surface area contributed by atoms with Crippen LogP contribution in [0.3, 0.4) is 0 Å². The first-order valence-electron chi connectivity index (χ1n) is 6.93. The first-order chi connectivity index (χ1) is 10.2. The van der Waals surface area contributed by atoms with Crippen LogP contribution in [0.1, 0.15) is 46.3 Å². The topological polar surface area (TPSA) is 70.1 Å². The summed E-state index contributed by atoms with van der Waals surface area (Å²) in [6, 6.07) is 10.6. The summed E-state index contributed by atoms with van der Waals surface area (Å²) in [7, 11) is 0. The lowest BCUT2D eigenvalue weighted by molar-refractivity contribution is 0.0714. The Balaban J connectivity index is 1.84. The van der Waals surface area contributed by atoms with E-state index in [0.717, 1.165) is 24.3 Å². The number of carbonyl (C=O) groups excluding carboxylic acids is 1. The Morgan fingerprint density at radius 2 is 2.19 bits per heavy atom. The molecule has 0 aliphatic carbocycles. The minimum Gasteiger partial charge on any atom is -0.359 e. The molecular weight excluding hydrogens is 266 g/mol. The first kappa shape index (κ1) is 13.4. The third-order valence-electron chi connectivity index (χ3n) is 3.75. The number of nitriles is 1. The zero-order chi connectivity index (χ0) is 14.8. The SMILES string of the molecule is Cc1cc(C2CCCN2C(=O)c2ccc(C#N)cc2)on1. The van der Waals surface area contributed by atoms with Crippen LogP contribution < -0.4 is 0 Å². The highest BCUT2D eigenvalue weighted by Crippen LogP contribution is 2.33. The molecule has 5 heteroatoms. The molecule has 1 aliphatic rings. The van der Waals surface area contributed by atoms with Crippen LogP contribution >= 0.6 is 0 Å². The highest BCUT2D eigenvalue weighted by atomic mass is 16.5. The molecule has 1 aromatic carbocycles. The molecule has 2 aromatic rings. The van der Waals surface area contributed by atoms with Crippen molar-refractivity contribution in [2.45, 2.75) is 25.8 Å². The second kappa shape index (κ2) is 5.41. The Kier molecular flexibility index (Phi) is 3.44. The van der Waals surface area contributed by atoms with E-state index in [1.54, 1.807) is 24.3 Å². The van der Waals surface area contributed by atoms with Crippen molar-refractivity contribution in [1.82, 2.24) is 10.1 Å².